The number of anilines is 1. The number of thioether (sulfide) groups is 1. The van der Waals surface area contributed by atoms with Crippen molar-refractivity contribution in [1.82, 2.24) is 9.97 Å². The summed E-state index contributed by atoms with van der Waals surface area (Å²) in [7, 11) is 0. The predicted octanol–water partition coefficient (Wildman–Crippen LogP) is 2.60. The molecule has 2 aromatic rings. The lowest BCUT2D eigenvalue weighted by Gasteiger charge is -2.07. The van der Waals surface area contributed by atoms with Crippen molar-refractivity contribution in [2.45, 2.75) is 11.8 Å². The maximum Gasteiger partial charge on any atom is 0.275 e. The van der Waals surface area contributed by atoms with Crippen molar-refractivity contribution < 1.29 is 9.90 Å². The van der Waals surface area contributed by atoms with Gasteiger partial charge in [-0.1, -0.05) is 35.5 Å². The van der Waals surface area contributed by atoms with E-state index < -0.39 is 5.91 Å². The molecule has 1 heterocycles. The van der Waals surface area contributed by atoms with Gasteiger partial charge in [0.2, 0.25) is 0 Å². The fraction of sp³-hybridized carbons (Fsp3) is 0.154. The molecule has 0 saturated heterocycles. The Morgan fingerprint density at radius 2 is 2.10 bits per heavy atom. The van der Waals surface area contributed by atoms with Gasteiger partial charge in [0.15, 0.2) is 10.9 Å². The molecule has 2 rings (SSSR count). The van der Waals surface area contributed by atoms with Gasteiger partial charge in [-0.25, -0.2) is 9.97 Å². The SMILES string of the molecule is CSc1ncc(Cl)c(C(=O)Nc2ccc(CO)cc2)n1. The Labute approximate surface area is 125 Å². The summed E-state index contributed by atoms with van der Waals surface area (Å²) in [4.78, 5) is 20.2. The van der Waals surface area contributed by atoms with Crippen LogP contribution < -0.4 is 5.32 Å². The Hall–Kier alpha value is -1.63. The molecule has 20 heavy (non-hydrogen) atoms. The third-order valence-corrected chi connectivity index (χ3v) is 3.35. The van der Waals surface area contributed by atoms with Gasteiger partial charge in [-0.2, -0.15) is 0 Å². The number of nitrogens with one attached hydrogen (secondary N) is 1. The number of hydrogen-bond donors (Lipinski definition) is 2. The first kappa shape index (κ1) is 14.8. The van der Waals surface area contributed by atoms with Crippen molar-refractivity contribution in [3.8, 4) is 0 Å². The molecule has 0 fully saturated rings. The topological polar surface area (TPSA) is 75.1 Å². The number of rotatable bonds is 4. The van der Waals surface area contributed by atoms with E-state index in [2.05, 4.69) is 15.3 Å². The summed E-state index contributed by atoms with van der Waals surface area (Å²) in [6.45, 7) is -0.0386. The van der Waals surface area contributed by atoms with Crippen LogP contribution in [0.4, 0.5) is 5.69 Å². The van der Waals surface area contributed by atoms with Crippen LogP contribution in [0.3, 0.4) is 0 Å². The van der Waals surface area contributed by atoms with Crippen molar-refractivity contribution in [3.63, 3.8) is 0 Å². The van der Waals surface area contributed by atoms with Crippen molar-refractivity contribution in [3.05, 3.63) is 46.7 Å². The molecule has 0 aliphatic rings. The first-order valence-corrected chi connectivity index (χ1v) is 7.32. The van der Waals surface area contributed by atoms with Gasteiger partial charge in [0, 0.05) is 5.69 Å². The lowest BCUT2D eigenvalue weighted by atomic mass is 10.2. The minimum Gasteiger partial charge on any atom is -0.392 e. The van der Waals surface area contributed by atoms with E-state index in [0.29, 0.717) is 10.8 Å². The summed E-state index contributed by atoms with van der Waals surface area (Å²) in [6, 6.07) is 6.86. The molecule has 7 heteroatoms. The number of nitrogens with zero attached hydrogens (tertiary/aromatic N) is 2. The Balaban J connectivity index is 2.18. The van der Waals surface area contributed by atoms with Gasteiger partial charge in [0.1, 0.15) is 0 Å². The third-order valence-electron chi connectivity index (χ3n) is 2.51. The predicted molar refractivity (Wildman–Crippen MR) is 79.1 cm³/mol. The van der Waals surface area contributed by atoms with Gasteiger partial charge in [0.05, 0.1) is 17.8 Å². The van der Waals surface area contributed by atoms with Crippen LogP contribution in [0.25, 0.3) is 0 Å². The highest BCUT2D eigenvalue weighted by Gasteiger charge is 2.14. The van der Waals surface area contributed by atoms with Crippen LogP contribution >= 0.6 is 23.4 Å². The lowest BCUT2D eigenvalue weighted by Crippen LogP contribution is -2.15. The number of aromatic nitrogens is 2. The molecule has 0 aliphatic heterocycles. The maximum atomic E-state index is 12.1. The molecule has 0 bridgehead atoms. The second-order valence-corrected chi connectivity index (χ2v) is 5.04. The van der Waals surface area contributed by atoms with E-state index in [-0.39, 0.29) is 17.3 Å². The second-order valence-electron chi connectivity index (χ2n) is 3.86. The molecule has 0 unspecified atom stereocenters. The molecule has 2 N–H and O–H groups in total. The van der Waals surface area contributed by atoms with Gasteiger partial charge < -0.3 is 10.4 Å². The Morgan fingerprint density at radius 3 is 2.70 bits per heavy atom. The average molecular weight is 310 g/mol. The van der Waals surface area contributed by atoms with E-state index in [1.165, 1.54) is 18.0 Å². The molecule has 0 radical (unpaired) electrons. The van der Waals surface area contributed by atoms with Crippen LogP contribution in [0.15, 0.2) is 35.6 Å². The largest absolute Gasteiger partial charge is 0.392 e. The van der Waals surface area contributed by atoms with Crippen LogP contribution in [0.1, 0.15) is 16.1 Å². The van der Waals surface area contributed by atoms with Crippen LogP contribution in [0, 0.1) is 0 Å². The number of carbonyl (C=O) groups is 1. The standard InChI is InChI=1S/C13H12ClN3O2S/c1-20-13-15-6-10(14)11(17-13)12(19)16-9-4-2-8(7-18)3-5-9/h2-6,18H,7H2,1H3,(H,16,19). The maximum absolute atomic E-state index is 12.1. The Kier molecular flexibility index (Phi) is 4.94. The zero-order chi connectivity index (χ0) is 14.5. The summed E-state index contributed by atoms with van der Waals surface area (Å²) in [5, 5.41) is 12.3. The van der Waals surface area contributed by atoms with Crippen LogP contribution in [0.5, 0.6) is 0 Å². The molecule has 0 atom stereocenters. The van der Waals surface area contributed by atoms with E-state index in [9.17, 15) is 4.79 Å². The zero-order valence-corrected chi connectivity index (χ0v) is 12.2. The normalized spacial score (nSPS) is 10.3. The summed E-state index contributed by atoms with van der Waals surface area (Å²) in [6.07, 6.45) is 3.22. The summed E-state index contributed by atoms with van der Waals surface area (Å²) < 4.78 is 0. The number of halogens is 1. The number of aliphatic hydroxyl groups excluding tert-OH is 1. The molecular weight excluding hydrogens is 298 g/mol. The number of carbonyl (C=O) groups excluding carboxylic acids is 1. The number of benzene rings is 1. The number of hydrogen-bond acceptors (Lipinski definition) is 5. The Bertz CT molecular complexity index is 620. The molecule has 1 aromatic heterocycles. The van der Waals surface area contributed by atoms with Crippen molar-refractivity contribution in [2.24, 2.45) is 0 Å². The average Bonchev–Trinajstić information content (AvgIpc) is 2.48. The van der Waals surface area contributed by atoms with Crippen molar-refractivity contribution in [2.75, 3.05) is 11.6 Å². The second kappa shape index (κ2) is 6.69. The number of amides is 1. The third kappa shape index (κ3) is 3.47. The van der Waals surface area contributed by atoms with Gasteiger partial charge in [-0.05, 0) is 24.0 Å². The number of aliphatic hydroxyl groups is 1. The highest BCUT2D eigenvalue weighted by molar-refractivity contribution is 7.98. The minimum atomic E-state index is -0.399. The summed E-state index contributed by atoms with van der Waals surface area (Å²) in [5.74, 6) is -0.399. The minimum absolute atomic E-state index is 0.0386. The highest BCUT2D eigenvalue weighted by Crippen LogP contribution is 2.18. The fourth-order valence-corrected chi connectivity index (χ4v) is 2.01. The van der Waals surface area contributed by atoms with E-state index in [1.807, 2.05) is 6.26 Å². The molecule has 5 nitrogen and oxygen atoms in total. The molecule has 0 aliphatic carbocycles. The summed E-state index contributed by atoms with van der Waals surface area (Å²) >= 11 is 7.27. The quantitative estimate of drug-likeness (QED) is 0.670. The molecule has 1 amide bonds. The fourth-order valence-electron chi connectivity index (χ4n) is 1.49. The van der Waals surface area contributed by atoms with Crippen LogP contribution in [-0.2, 0) is 6.61 Å². The molecule has 0 saturated carbocycles. The monoisotopic (exact) mass is 309 g/mol. The Morgan fingerprint density at radius 1 is 1.40 bits per heavy atom. The van der Waals surface area contributed by atoms with E-state index in [1.54, 1.807) is 24.3 Å². The van der Waals surface area contributed by atoms with Gasteiger partial charge in [-0.15, -0.1) is 0 Å². The first-order valence-electron chi connectivity index (χ1n) is 5.71. The summed E-state index contributed by atoms with van der Waals surface area (Å²) in [5.41, 5.74) is 1.51. The van der Waals surface area contributed by atoms with Crippen LogP contribution in [0.2, 0.25) is 5.02 Å². The van der Waals surface area contributed by atoms with E-state index in [4.69, 9.17) is 16.7 Å². The molecule has 1 aromatic carbocycles. The van der Waals surface area contributed by atoms with Crippen molar-refractivity contribution >= 4 is 35.0 Å². The smallest absolute Gasteiger partial charge is 0.275 e. The first-order chi connectivity index (χ1) is 9.63. The van der Waals surface area contributed by atoms with Gasteiger partial charge in [-0.3, -0.25) is 4.79 Å². The molecular formula is C13H12ClN3O2S. The lowest BCUT2D eigenvalue weighted by molar-refractivity contribution is 0.102. The van der Waals surface area contributed by atoms with E-state index >= 15 is 0 Å². The zero-order valence-electron chi connectivity index (χ0n) is 10.6. The molecule has 0 spiro atoms. The van der Waals surface area contributed by atoms with Crippen molar-refractivity contribution in [1.29, 1.82) is 0 Å². The van der Waals surface area contributed by atoms with E-state index in [0.717, 1.165) is 5.56 Å². The van der Waals surface area contributed by atoms with Gasteiger partial charge >= 0.3 is 0 Å². The van der Waals surface area contributed by atoms with Gasteiger partial charge in [0.25, 0.3) is 5.91 Å². The van der Waals surface area contributed by atoms with Crippen LogP contribution in [-0.4, -0.2) is 27.2 Å². The molecule has 104 valence electrons. The highest BCUT2D eigenvalue weighted by atomic mass is 35.5.